The molecule has 1 atom stereocenters. The molecule has 3 rings (SSSR count). The summed E-state index contributed by atoms with van der Waals surface area (Å²) in [5, 5.41) is 13.9. The molecule has 3 aromatic rings. The Bertz CT molecular complexity index is 1090. The van der Waals surface area contributed by atoms with E-state index in [0.717, 1.165) is 16.9 Å². The van der Waals surface area contributed by atoms with Crippen LogP contribution in [0.25, 0.3) is 0 Å². The molecule has 0 bridgehead atoms. The Labute approximate surface area is 205 Å². The minimum absolute atomic E-state index is 0.00926. The Hall–Kier alpha value is -3.63. The van der Waals surface area contributed by atoms with Crippen molar-refractivity contribution in [1.82, 2.24) is 9.80 Å². The normalized spacial score (nSPS) is 11.3. The first kappa shape index (κ1) is 25.0. The van der Waals surface area contributed by atoms with Gasteiger partial charge in [-0.25, -0.2) is 4.79 Å². The molecule has 0 fully saturated rings. The summed E-state index contributed by atoms with van der Waals surface area (Å²) in [6, 6.07) is 22.3. The maximum Gasteiger partial charge on any atom is 0.322 e. The zero-order chi connectivity index (χ0) is 24.3. The fourth-order valence-electron chi connectivity index (χ4n) is 3.45. The molecule has 1 unspecified atom stereocenters. The number of rotatable bonds is 10. The van der Waals surface area contributed by atoms with Gasteiger partial charge in [-0.3, -0.25) is 4.79 Å². The number of urea groups is 1. The van der Waals surface area contributed by atoms with Crippen LogP contribution in [-0.4, -0.2) is 34.8 Å². The molecule has 6 nitrogen and oxygen atoms in total. The molecule has 2 aromatic carbocycles. The van der Waals surface area contributed by atoms with Crippen LogP contribution < -0.4 is 5.32 Å². The average molecular weight is 475 g/mol. The van der Waals surface area contributed by atoms with Crippen molar-refractivity contribution < 1.29 is 9.59 Å². The number of benzene rings is 2. The van der Waals surface area contributed by atoms with E-state index < -0.39 is 0 Å². The molecule has 0 aliphatic carbocycles. The first-order chi connectivity index (χ1) is 16.5. The highest BCUT2D eigenvalue weighted by molar-refractivity contribution is 7.09. The number of amides is 3. The van der Waals surface area contributed by atoms with Crippen molar-refractivity contribution in [1.29, 1.82) is 5.26 Å². The number of anilines is 1. The maximum absolute atomic E-state index is 13.5. The fourth-order valence-corrected chi connectivity index (χ4v) is 4.16. The maximum atomic E-state index is 13.5. The number of nitrogens with zero attached hydrogens (tertiary/aromatic N) is 3. The number of thiophene rings is 1. The summed E-state index contributed by atoms with van der Waals surface area (Å²) in [4.78, 5) is 31.1. The van der Waals surface area contributed by atoms with Crippen LogP contribution in [0.2, 0.25) is 0 Å². The first-order valence-electron chi connectivity index (χ1n) is 11.4. The van der Waals surface area contributed by atoms with E-state index in [4.69, 9.17) is 5.26 Å². The summed E-state index contributed by atoms with van der Waals surface area (Å²) in [7, 11) is 0. The molecule has 7 heteroatoms. The van der Waals surface area contributed by atoms with Crippen molar-refractivity contribution in [3.8, 4) is 6.07 Å². The van der Waals surface area contributed by atoms with Crippen LogP contribution in [0.1, 0.15) is 36.3 Å². The molecular formula is C27H30N4O2S. The highest BCUT2D eigenvalue weighted by Crippen LogP contribution is 2.17. The van der Waals surface area contributed by atoms with E-state index >= 15 is 0 Å². The van der Waals surface area contributed by atoms with Gasteiger partial charge in [0, 0.05) is 23.7 Å². The van der Waals surface area contributed by atoms with E-state index in [0.29, 0.717) is 30.9 Å². The summed E-state index contributed by atoms with van der Waals surface area (Å²) >= 11 is 1.61. The zero-order valence-corrected chi connectivity index (χ0v) is 20.4. The molecule has 176 valence electrons. The lowest BCUT2D eigenvalue weighted by Gasteiger charge is -2.29. The van der Waals surface area contributed by atoms with Gasteiger partial charge in [0.1, 0.15) is 6.54 Å². The van der Waals surface area contributed by atoms with E-state index in [9.17, 15) is 9.59 Å². The van der Waals surface area contributed by atoms with Gasteiger partial charge >= 0.3 is 6.03 Å². The summed E-state index contributed by atoms with van der Waals surface area (Å²) in [6.45, 7) is 5.58. The molecule has 0 saturated carbocycles. The van der Waals surface area contributed by atoms with Gasteiger partial charge in [-0.15, -0.1) is 11.3 Å². The number of hydrogen-bond donors (Lipinski definition) is 1. The highest BCUT2D eigenvalue weighted by atomic mass is 32.1. The number of hydrogen-bond acceptors (Lipinski definition) is 4. The Kier molecular flexibility index (Phi) is 9.24. The SMILES string of the molecule is CCC(C)CN(CC(=O)N(Cc1ccccc1)Cc1cccs1)C(=O)Nc1ccc(C#N)cc1. The lowest BCUT2D eigenvalue weighted by molar-refractivity contribution is -0.133. The van der Waals surface area contributed by atoms with Crippen LogP contribution in [-0.2, 0) is 17.9 Å². The molecule has 1 heterocycles. The lowest BCUT2D eigenvalue weighted by Crippen LogP contribution is -2.45. The fraction of sp³-hybridized carbons (Fsp3) is 0.296. The summed E-state index contributed by atoms with van der Waals surface area (Å²) in [6.07, 6.45) is 0.901. The largest absolute Gasteiger partial charge is 0.332 e. The number of nitriles is 1. The van der Waals surface area contributed by atoms with E-state index in [1.54, 1.807) is 45.4 Å². The molecule has 1 N–H and O–H groups in total. The van der Waals surface area contributed by atoms with Crippen LogP contribution in [0.3, 0.4) is 0 Å². The van der Waals surface area contributed by atoms with Crippen LogP contribution >= 0.6 is 11.3 Å². The summed E-state index contributed by atoms with van der Waals surface area (Å²) in [5.74, 6) is 0.148. The van der Waals surface area contributed by atoms with Gasteiger partial charge < -0.3 is 15.1 Å². The van der Waals surface area contributed by atoms with E-state index in [1.165, 1.54) is 0 Å². The van der Waals surface area contributed by atoms with Gasteiger partial charge in [0.15, 0.2) is 0 Å². The molecule has 3 amide bonds. The molecular weight excluding hydrogens is 444 g/mol. The van der Waals surface area contributed by atoms with E-state index in [2.05, 4.69) is 25.2 Å². The minimum Gasteiger partial charge on any atom is -0.332 e. The van der Waals surface area contributed by atoms with Gasteiger partial charge in [0.2, 0.25) is 5.91 Å². The molecule has 0 aliphatic heterocycles. The topological polar surface area (TPSA) is 76.4 Å². The second-order valence-electron chi connectivity index (χ2n) is 8.33. The summed E-state index contributed by atoms with van der Waals surface area (Å²) < 4.78 is 0. The third-order valence-electron chi connectivity index (χ3n) is 5.60. The van der Waals surface area contributed by atoms with Gasteiger partial charge in [-0.1, -0.05) is 56.7 Å². The third-order valence-corrected chi connectivity index (χ3v) is 6.46. The number of carbonyl (C=O) groups is 2. The van der Waals surface area contributed by atoms with Crippen molar-refractivity contribution in [2.75, 3.05) is 18.4 Å². The molecule has 0 aliphatic rings. The Morgan fingerprint density at radius 2 is 1.74 bits per heavy atom. The van der Waals surface area contributed by atoms with E-state index in [1.807, 2.05) is 47.8 Å². The molecule has 0 radical (unpaired) electrons. The van der Waals surface area contributed by atoms with Crippen molar-refractivity contribution in [3.05, 3.63) is 88.1 Å². The average Bonchev–Trinajstić information content (AvgIpc) is 3.37. The van der Waals surface area contributed by atoms with Gasteiger partial charge in [0.05, 0.1) is 18.2 Å². The van der Waals surface area contributed by atoms with E-state index in [-0.39, 0.29) is 24.4 Å². The molecule has 0 spiro atoms. The van der Waals surface area contributed by atoms with Gasteiger partial charge in [-0.2, -0.15) is 5.26 Å². The standard InChI is InChI=1S/C27H30N4O2S/c1-3-21(2)17-31(27(33)29-24-13-11-22(16-28)12-14-24)20-26(32)30(19-25-10-7-15-34-25)18-23-8-5-4-6-9-23/h4-15,21H,3,17-20H2,1-2H3,(H,29,33). The third kappa shape index (κ3) is 7.46. The van der Waals surface area contributed by atoms with Gasteiger partial charge in [-0.05, 0) is 47.2 Å². The quantitative estimate of drug-likeness (QED) is 0.408. The van der Waals surface area contributed by atoms with Gasteiger partial charge in [0.25, 0.3) is 0 Å². The number of nitrogens with one attached hydrogen (secondary N) is 1. The second-order valence-corrected chi connectivity index (χ2v) is 9.36. The van der Waals surface area contributed by atoms with Crippen LogP contribution in [0.15, 0.2) is 72.1 Å². The van der Waals surface area contributed by atoms with Crippen molar-refractivity contribution in [3.63, 3.8) is 0 Å². The Morgan fingerprint density at radius 3 is 2.35 bits per heavy atom. The van der Waals surface area contributed by atoms with Crippen LogP contribution in [0.5, 0.6) is 0 Å². The second kappa shape index (κ2) is 12.6. The van der Waals surface area contributed by atoms with Crippen molar-refractivity contribution in [2.45, 2.75) is 33.4 Å². The predicted molar refractivity (Wildman–Crippen MR) is 136 cm³/mol. The summed E-state index contributed by atoms with van der Waals surface area (Å²) in [5.41, 5.74) is 2.16. The molecule has 34 heavy (non-hydrogen) atoms. The monoisotopic (exact) mass is 474 g/mol. The first-order valence-corrected chi connectivity index (χ1v) is 12.3. The van der Waals surface area contributed by atoms with Crippen LogP contribution in [0, 0.1) is 17.2 Å². The van der Waals surface area contributed by atoms with Crippen molar-refractivity contribution in [2.24, 2.45) is 5.92 Å². The Morgan fingerprint density at radius 1 is 1.00 bits per heavy atom. The molecule has 1 aromatic heterocycles. The van der Waals surface area contributed by atoms with Crippen molar-refractivity contribution >= 4 is 29.0 Å². The molecule has 0 saturated heterocycles. The Balaban J connectivity index is 1.76. The zero-order valence-electron chi connectivity index (χ0n) is 19.6. The minimum atomic E-state index is -0.325. The highest BCUT2D eigenvalue weighted by Gasteiger charge is 2.23. The number of carbonyl (C=O) groups excluding carboxylic acids is 2. The smallest absolute Gasteiger partial charge is 0.322 e. The van der Waals surface area contributed by atoms with Crippen LogP contribution in [0.4, 0.5) is 10.5 Å². The predicted octanol–water partition coefficient (Wildman–Crippen LogP) is 5.73. The lowest BCUT2D eigenvalue weighted by atomic mass is 10.1.